The lowest BCUT2D eigenvalue weighted by Gasteiger charge is -2.04. The molecular weight excluding hydrogens is 228 g/mol. The molecule has 0 heterocycles. The lowest BCUT2D eigenvalue weighted by molar-refractivity contribution is -0.143. The maximum absolute atomic E-state index is 11.8. The van der Waals surface area contributed by atoms with Crippen LogP contribution in [-0.2, 0) is 9.53 Å². The third-order valence-corrected chi connectivity index (χ3v) is 2.69. The summed E-state index contributed by atoms with van der Waals surface area (Å²) in [5.74, 6) is -0.300. The average molecular weight is 248 g/mol. The summed E-state index contributed by atoms with van der Waals surface area (Å²) in [7, 11) is 0. The highest BCUT2D eigenvalue weighted by Gasteiger charge is 2.09. The van der Waals surface area contributed by atoms with Crippen molar-refractivity contribution >= 4 is 11.8 Å². The van der Waals surface area contributed by atoms with Crippen LogP contribution in [-0.4, -0.2) is 18.4 Å². The van der Waals surface area contributed by atoms with Crippen molar-refractivity contribution in [3.63, 3.8) is 0 Å². The van der Waals surface area contributed by atoms with E-state index in [0.29, 0.717) is 12.2 Å². The van der Waals surface area contributed by atoms with Crippen molar-refractivity contribution in [1.82, 2.24) is 0 Å². The summed E-state index contributed by atoms with van der Waals surface area (Å²) in [6.07, 6.45) is 2.25. The molecule has 0 aliphatic rings. The van der Waals surface area contributed by atoms with Gasteiger partial charge in [0.05, 0.1) is 13.0 Å². The second kappa shape index (κ2) is 7.64. The van der Waals surface area contributed by atoms with Crippen LogP contribution in [0.4, 0.5) is 0 Å². The molecule has 3 nitrogen and oxygen atoms in total. The monoisotopic (exact) mass is 248 g/mol. The molecule has 0 atom stereocenters. The molecule has 98 valence electrons. The van der Waals surface area contributed by atoms with E-state index in [0.717, 1.165) is 18.4 Å². The van der Waals surface area contributed by atoms with Gasteiger partial charge in [-0.1, -0.05) is 43.2 Å². The van der Waals surface area contributed by atoms with Gasteiger partial charge in [-0.2, -0.15) is 0 Å². The summed E-state index contributed by atoms with van der Waals surface area (Å²) >= 11 is 0. The minimum absolute atomic E-state index is 0.0116. The zero-order valence-electron chi connectivity index (χ0n) is 11.1. The van der Waals surface area contributed by atoms with Crippen LogP contribution >= 0.6 is 0 Å². The van der Waals surface area contributed by atoms with Gasteiger partial charge >= 0.3 is 5.97 Å². The Labute approximate surface area is 108 Å². The van der Waals surface area contributed by atoms with E-state index in [1.807, 2.05) is 26.0 Å². The second-order valence-corrected chi connectivity index (χ2v) is 4.36. The fourth-order valence-corrected chi connectivity index (χ4v) is 1.50. The largest absolute Gasteiger partial charge is 0.466 e. The van der Waals surface area contributed by atoms with Crippen LogP contribution < -0.4 is 0 Å². The summed E-state index contributed by atoms with van der Waals surface area (Å²) in [4.78, 5) is 23.1. The summed E-state index contributed by atoms with van der Waals surface area (Å²) in [6, 6.07) is 7.37. The zero-order valence-corrected chi connectivity index (χ0v) is 11.1. The Morgan fingerprint density at radius 2 is 1.78 bits per heavy atom. The fourth-order valence-electron chi connectivity index (χ4n) is 1.50. The highest BCUT2D eigenvalue weighted by atomic mass is 16.5. The van der Waals surface area contributed by atoms with Gasteiger partial charge in [-0.05, 0) is 13.3 Å². The number of hydrogen-bond acceptors (Lipinski definition) is 3. The van der Waals surface area contributed by atoms with E-state index in [2.05, 4.69) is 0 Å². The number of benzene rings is 1. The third-order valence-electron chi connectivity index (χ3n) is 2.69. The molecule has 1 aromatic rings. The molecule has 18 heavy (non-hydrogen) atoms. The van der Waals surface area contributed by atoms with E-state index >= 15 is 0 Å². The Morgan fingerprint density at radius 1 is 1.11 bits per heavy atom. The van der Waals surface area contributed by atoms with Crippen LogP contribution in [0.3, 0.4) is 0 Å². The molecule has 0 aromatic heterocycles. The molecule has 0 saturated heterocycles. The van der Waals surface area contributed by atoms with Crippen LogP contribution in [0.5, 0.6) is 0 Å². The van der Waals surface area contributed by atoms with Gasteiger partial charge in [0.2, 0.25) is 0 Å². The summed E-state index contributed by atoms with van der Waals surface area (Å²) in [6.45, 7) is 4.46. The molecular formula is C15H20O3. The molecule has 1 rings (SSSR count). The second-order valence-electron chi connectivity index (χ2n) is 4.36. The third kappa shape index (κ3) is 5.13. The van der Waals surface area contributed by atoms with Gasteiger partial charge in [-0.15, -0.1) is 0 Å². The first kappa shape index (κ1) is 14.4. The Kier molecular flexibility index (Phi) is 6.12. The van der Waals surface area contributed by atoms with Crippen molar-refractivity contribution in [2.75, 3.05) is 6.61 Å². The first-order chi connectivity index (χ1) is 8.63. The quantitative estimate of drug-likeness (QED) is 0.422. The predicted octanol–water partition coefficient (Wildman–Crippen LogP) is 3.30. The Balaban J connectivity index is 2.32. The topological polar surface area (TPSA) is 43.4 Å². The van der Waals surface area contributed by atoms with Gasteiger partial charge in [0.1, 0.15) is 0 Å². The van der Waals surface area contributed by atoms with Crippen molar-refractivity contribution in [1.29, 1.82) is 0 Å². The molecule has 0 aliphatic carbocycles. The van der Waals surface area contributed by atoms with E-state index in [1.54, 1.807) is 12.1 Å². The summed E-state index contributed by atoms with van der Waals surface area (Å²) in [5.41, 5.74) is 1.77. The fraction of sp³-hybridized carbons (Fsp3) is 0.467. The number of hydrogen-bond donors (Lipinski definition) is 0. The van der Waals surface area contributed by atoms with Crippen LogP contribution in [0, 0.1) is 6.92 Å². The van der Waals surface area contributed by atoms with Gasteiger partial charge in [0, 0.05) is 12.0 Å². The Bertz CT molecular complexity index is 393. The minimum atomic E-state index is -0.288. The van der Waals surface area contributed by atoms with Crippen molar-refractivity contribution < 1.29 is 14.3 Å². The number of carbonyl (C=O) groups excluding carboxylic acids is 2. The number of ketones is 1. The van der Waals surface area contributed by atoms with Gasteiger partial charge in [-0.25, -0.2) is 0 Å². The van der Waals surface area contributed by atoms with Crippen LogP contribution in [0.2, 0.25) is 0 Å². The van der Waals surface area contributed by atoms with E-state index < -0.39 is 0 Å². The van der Waals surface area contributed by atoms with Crippen molar-refractivity contribution in [3.05, 3.63) is 35.4 Å². The number of aryl methyl sites for hydroxylation is 1. The van der Waals surface area contributed by atoms with E-state index in [-0.39, 0.29) is 24.6 Å². The van der Waals surface area contributed by atoms with Crippen LogP contribution in [0.25, 0.3) is 0 Å². The Morgan fingerprint density at radius 3 is 2.39 bits per heavy atom. The zero-order chi connectivity index (χ0) is 13.4. The van der Waals surface area contributed by atoms with Gasteiger partial charge in [0.25, 0.3) is 0 Å². The molecule has 0 unspecified atom stereocenters. The first-order valence-electron chi connectivity index (χ1n) is 6.39. The van der Waals surface area contributed by atoms with Crippen LogP contribution in [0.15, 0.2) is 24.3 Å². The molecule has 0 saturated carbocycles. The van der Waals surface area contributed by atoms with E-state index in [9.17, 15) is 9.59 Å². The predicted molar refractivity (Wildman–Crippen MR) is 70.6 cm³/mol. The Hall–Kier alpha value is -1.64. The molecule has 0 amide bonds. The first-order valence-corrected chi connectivity index (χ1v) is 6.39. The highest BCUT2D eigenvalue weighted by molar-refractivity contribution is 5.97. The number of carbonyl (C=O) groups is 2. The highest BCUT2D eigenvalue weighted by Crippen LogP contribution is 2.08. The maximum atomic E-state index is 11.8. The normalized spacial score (nSPS) is 10.1. The maximum Gasteiger partial charge on any atom is 0.306 e. The number of esters is 1. The molecule has 3 heteroatoms. The van der Waals surface area contributed by atoms with Gasteiger partial charge < -0.3 is 4.74 Å². The smallest absolute Gasteiger partial charge is 0.306 e. The summed E-state index contributed by atoms with van der Waals surface area (Å²) in [5, 5.41) is 0. The number of Topliss-reactive ketones (excluding diaryl/α,β-unsaturated/α-hetero) is 1. The van der Waals surface area contributed by atoms with Crippen molar-refractivity contribution in [3.8, 4) is 0 Å². The number of unbranched alkanes of at least 4 members (excludes halogenated alkanes) is 1. The van der Waals surface area contributed by atoms with Gasteiger partial charge in [0.15, 0.2) is 5.78 Å². The molecule has 0 bridgehead atoms. The van der Waals surface area contributed by atoms with E-state index in [1.165, 1.54) is 0 Å². The average Bonchev–Trinajstić information content (AvgIpc) is 2.37. The molecule has 0 radical (unpaired) electrons. The molecule has 0 N–H and O–H groups in total. The molecule has 0 fully saturated rings. The van der Waals surface area contributed by atoms with Crippen LogP contribution in [0.1, 0.15) is 48.5 Å². The lowest BCUT2D eigenvalue weighted by atomic mass is 10.1. The van der Waals surface area contributed by atoms with E-state index in [4.69, 9.17) is 4.74 Å². The lowest BCUT2D eigenvalue weighted by Crippen LogP contribution is -2.09. The number of ether oxygens (including phenoxy) is 1. The van der Waals surface area contributed by atoms with Gasteiger partial charge in [-0.3, -0.25) is 9.59 Å². The standard InChI is InChI=1S/C15H20O3/c1-3-4-11-18-15(17)10-9-14(16)13-7-5-12(2)6-8-13/h5-8H,3-4,9-11H2,1-2H3. The molecule has 0 aliphatic heterocycles. The SMILES string of the molecule is CCCCOC(=O)CCC(=O)c1ccc(C)cc1. The minimum Gasteiger partial charge on any atom is -0.466 e. The molecule has 0 spiro atoms. The van der Waals surface area contributed by atoms with Crippen molar-refractivity contribution in [2.24, 2.45) is 0 Å². The van der Waals surface area contributed by atoms with Crippen molar-refractivity contribution in [2.45, 2.75) is 39.5 Å². The molecule has 1 aromatic carbocycles. The number of rotatable bonds is 7. The summed E-state index contributed by atoms with van der Waals surface area (Å²) < 4.78 is 5.00.